The van der Waals surface area contributed by atoms with E-state index in [-0.39, 0.29) is 36.6 Å². The molecule has 0 fully saturated rings. The smallest absolute Gasteiger partial charge is 0.304 e. The Balaban J connectivity index is 0.00000220. The molecule has 0 aliphatic heterocycles. The van der Waals surface area contributed by atoms with Gasteiger partial charge in [-0.05, 0) is 64.4 Å². The highest BCUT2D eigenvalue weighted by Crippen LogP contribution is 2.29. The average molecular weight is 582 g/mol. The molecule has 3 aromatic carbocycles. The zero-order valence-corrected chi connectivity index (χ0v) is 23.8. The molecule has 0 amide bonds. The summed E-state index contributed by atoms with van der Waals surface area (Å²) in [5, 5.41) is 8.39. The number of nitrogen functional groups attached to an aromatic ring is 2. The molecular formula is C30H34Cl2N6O2. The lowest BCUT2D eigenvalue weighted by molar-refractivity contribution is -0.753. The molecule has 8 nitrogen and oxygen atoms in total. The molecule has 0 unspecified atom stereocenters. The van der Waals surface area contributed by atoms with Crippen LogP contribution in [0.2, 0.25) is 0 Å². The summed E-state index contributed by atoms with van der Waals surface area (Å²) in [6.07, 6.45) is 6.06. The van der Waals surface area contributed by atoms with Gasteiger partial charge in [-0.1, -0.05) is 66.7 Å². The van der Waals surface area contributed by atoms with Gasteiger partial charge in [-0.2, -0.15) is 0 Å². The first-order chi connectivity index (χ1) is 18.7. The zero-order chi connectivity index (χ0) is 26.2. The number of unbranched alkanes of at least 4 members (excludes halogenated alkanes) is 2. The Morgan fingerprint density at radius 3 is 1.40 bits per heavy atom. The summed E-state index contributed by atoms with van der Waals surface area (Å²) in [5.41, 5.74) is 18.4. The van der Waals surface area contributed by atoms with Gasteiger partial charge >= 0.3 is 23.2 Å². The van der Waals surface area contributed by atoms with Gasteiger partial charge in [0.15, 0.2) is 13.1 Å². The third kappa shape index (κ3) is 7.61. The van der Waals surface area contributed by atoms with Crippen molar-refractivity contribution in [1.82, 2.24) is 10.5 Å². The number of aromatic nitrogens is 4. The number of anilines is 2. The largest absolute Gasteiger partial charge is 1.00 e. The maximum Gasteiger partial charge on any atom is 0.304 e. The van der Waals surface area contributed by atoms with E-state index >= 15 is 0 Å². The number of rotatable bonds is 12. The maximum atomic E-state index is 6.22. The molecular weight excluding hydrogens is 547 g/mol. The number of benzene rings is 3. The van der Waals surface area contributed by atoms with Crippen molar-refractivity contribution in [3.8, 4) is 22.5 Å². The van der Waals surface area contributed by atoms with Gasteiger partial charge in [-0.3, -0.25) is 9.05 Å². The number of hydrogen-bond acceptors (Lipinski definition) is 6. The Labute approximate surface area is 246 Å². The number of aryl methyl sites for hydroxylation is 4. The summed E-state index contributed by atoms with van der Waals surface area (Å²) in [6.45, 7) is 1.42. The van der Waals surface area contributed by atoms with E-state index in [0.717, 1.165) is 61.0 Å². The lowest BCUT2D eigenvalue weighted by Crippen LogP contribution is -3.00. The zero-order valence-electron chi connectivity index (χ0n) is 22.3. The van der Waals surface area contributed by atoms with Crippen LogP contribution in [0.25, 0.3) is 22.5 Å². The predicted molar refractivity (Wildman–Crippen MR) is 145 cm³/mol. The molecule has 4 N–H and O–H groups in total. The maximum absolute atomic E-state index is 6.22. The van der Waals surface area contributed by atoms with Crippen LogP contribution in [0.15, 0.2) is 94.0 Å². The summed E-state index contributed by atoms with van der Waals surface area (Å²) in [5.74, 6) is 0.578. The van der Waals surface area contributed by atoms with Crippen LogP contribution < -0.4 is 45.6 Å². The van der Waals surface area contributed by atoms with Gasteiger partial charge in [-0.15, -0.1) is 0 Å². The molecule has 0 atom stereocenters. The molecule has 5 aromatic rings. The minimum atomic E-state index is 0. The van der Waals surface area contributed by atoms with Crippen molar-refractivity contribution >= 4 is 11.8 Å². The molecule has 0 saturated carbocycles. The molecule has 0 radical (unpaired) electrons. The quantitative estimate of drug-likeness (QED) is 0.141. The first-order valence-corrected chi connectivity index (χ1v) is 13.2. The van der Waals surface area contributed by atoms with Crippen molar-refractivity contribution in [1.29, 1.82) is 0 Å². The van der Waals surface area contributed by atoms with Crippen molar-refractivity contribution in [2.75, 3.05) is 11.5 Å². The Hall–Kier alpha value is -3.88. The van der Waals surface area contributed by atoms with Crippen LogP contribution in [0.3, 0.4) is 0 Å². The van der Waals surface area contributed by atoms with Crippen molar-refractivity contribution in [3.63, 3.8) is 0 Å². The van der Waals surface area contributed by atoms with Gasteiger partial charge in [0.25, 0.3) is 0 Å². The first-order valence-electron chi connectivity index (χ1n) is 13.2. The Morgan fingerprint density at radius 1 is 0.550 bits per heavy atom. The predicted octanol–water partition coefficient (Wildman–Crippen LogP) is -1.21. The van der Waals surface area contributed by atoms with E-state index in [0.29, 0.717) is 13.1 Å². The minimum Gasteiger partial charge on any atom is -1.00 e. The topological polar surface area (TPSA) is 112 Å². The summed E-state index contributed by atoms with van der Waals surface area (Å²) in [6, 6.07) is 29.0. The van der Waals surface area contributed by atoms with Crippen molar-refractivity contribution < 1.29 is 43.2 Å². The second-order valence-corrected chi connectivity index (χ2v) is 9.48. The lowest BCUT2D eigenvalue weighted by atomic mass is 10.0. The van der Waals surface area contributed by atoms with Gasteiger partial charge < -0.3 is 36.3 Å². The monoisotopic (exact) mass is 580 g/mol. The van der Waals surface area contributed by atoms with Crippen LogP contribution in [0, 0.1) is 0 Å². The summed E-state index contributed by atoms with van der Waals surface area (Å²) in [7, 11) is 0. The summed E-state index contributed by atoms with van der Waals surface area (Å²) >= 11 is 0. The molecule has 2 aromatic heterocycles. The minimum absolute atomic E-state index is 0. The Kier molecular flexibility index (Phi) is 11.5. The van der Waals surface area contributed by atoms with Crippen molar-refractivity contribution in [2.45, 2.75) is 51.6 Å². The van der Waals surface area contributed by atoms with Crippen LogP contribution in [-0.2, 0) is 25.9 Å². The average Bonchev–Trinajstić information content (AvgIpc) is 3.51. The van der Waals surface area contributed by atoms with E-state index in [2.05, 4.69) is 59.1 Å². The third-order valence-corrected chi connectivity index (χ3v) is 6.72. The van der Waals surface area contributed by atoms with Crippen molar-refractivity contribution in [2.24, 2.45) is 0 Å². The number of nitrogens with two attached hydrogens (primary N) is 2. The molecule has 210 valence electrons. The molecule has 10 heteroatoms. The van der Waals surface area contributed by atoms with Gasteiger partial charge in [0.2, 0.25) is 10.5 Å². The van der Waals surface area contributed by atoms with Crippen LogP contribution >= 0.6 is 0 Å². The molecule has 5 rings (SSSR count). The standard InChI is InChI=1S/C30H34N6O2.2ClH/c31-29-27(35(33-37-29)20-9-7-16-23-12-3-1-4-13-23)25-18-11-19-26(22-25)28-30(32)38-34-36(28)21-10-8-17-24-14-5-2-6-15-24;;/h1-6,11-15,18-19,22H,7-10,16-17,20-21,31-32H2;2*1H/q+2;;/p-2. The fourth-order valence-electron chi connectivity index (χ4n) is 4.78. The van der Waals surface area contributed by atoms with Crippen LogP contribution in [-0.4, -0.2) is 10.5 Å². The lowest BCUT2D eigenvalue weighted by Gasteiger charge is -2.01. The van der Waals surface area contributed by atoms with Gasteiger partial charge in [0.05, 0.1) is 11.1 Å². The second-order valence-electron chi connectivity index (χ2n) is 9.48. The SMILES string of the molecule is Nc1on[n+](CCCCc2ccccc2)c1-c1cccc(-c2c(N)on[n+]2CCCCc2ccccc2)c1.[Cl-].[Cl-]. The number of nitrogens with zero attached hydrogens (tertiary/aromatic N) is 4. The molecule has 0 aliphatic carbocycles. The van der Waals surface area contributed by atoms with Crippen molar-refractivity contribution in [3.05, 3.63) is 96.1 Å². The summed E-state index contributed by atoms with van der Waals surface area (Å²) < 4.78 is 14.4. The Morgan fingerprint density at radius 2 is 0.975 bits per heavy atom. The van der Waals surface area contributed by atoms with E-state index in [1.807, 2.05) is 45.8 Å². The van der Waals surface area contributed by atoms with Crippen LogP contribution in [0.1, 0.15) is 36.8 Å². The molecule has 0 aliphatic rings. The first kappa shape index (κ1) is 30.7. The second kappa shape index (κ2) is 15.1. The third-order valence-electron chi connectivity index (χ3n) is 6.72. The normalized spacial score (nSPS) is 10.6. The van der Waals surface area contributed by atoms with E-state index in [4.69, 9.17) is 20.5 Å². The fraction of sp³-hybridized carbons (Fsp3) is 0.267. The number of hydrogen-bond donors (Lipinski definition) is 2. The molecule has 40 heavy (non-hydrogen) atoms. The van der Waals surface area contributed by atoms with E-state index in [1.165, 1.54) is 11.1 Å². The van der Waals surface area contributed by atoms with Gasteiger partial charge in [0.1, 0.15) is 0 Å². The molecule has 2 heterocycles. The highest BCUT2D eigenvalue weighted by molar-refractivity contribution is 5.74. The van der Waals surface area contributed by atoms with Crippen LogP contribution in [0.5, 0.6) is 0 Å². The van der Waals surface area contributed by atoms with Gasteiger partial charge in [-0.25, -0.2) is 0 Å². The molecule has 0 bridgehead atoms. The fourth-order valence-corrected chi connectivity index (χ4v) is 4.78. The van der Waals surface area contributed by atoms with Crippen LogP contribution in [0.4, 0.5) is 11.8 Å². The molecule has 0 saturated heterocycles. The Bertz CT molecular complexity index is 1350. The molecule has 0 spiro atoms. The summed E-state index contributed by atoms with van der Waals surface area (Å²) in [4.78, 5) is 0. The van der Waals surface area contributed by atoms with Gasteiger partial charge in [0, 0.05) is 12.8 Å². The number of halogens is 2. The highest BCUT2D eigenvalue weighted by Gasteiger charge is 2.28. The highest BCUT2D eigenvalue weighted by atomic mass is 35.5. The van der Waals surface area contributed by atoms with E-state index < -0.39 is 0 Å². The van der Waals surface area contributed by atoms with E-state index in [1.54, 1.807) is 0 Å². The van der Waals surface area contributed by atoms with E-state index in [9.17, 15) is 0 Å².